The van der Waals surface area contributed by atoms with Gasteiger partial charge in [-0.15, -0.1) is 0 Å². The van der Waals surface area contributed by atoms with Crippen LogP contribution in [-0.2, 0) is 11.2 Å². The van der Waals surface area contributed by atoms with Crippen LogP contribution >= 0.6 is 31.9 Å². The molecule has 0 aliphatic carbocycles. The first-order valence-electron chi connectivity index (χ1n) is 6.66. The molecule has 2 aromatic rings. The van der Waals surface area contributed by atoms with Gasteiger partial charge in [0, 0.05) is 16.1 Å². The number of hydrogen-bond acceptors (Lipinski definition) is 4. The quantitative estimate of drug-likeness (QED) is 0.499. The summed E-state index contributed by atoms with van der Waals surface area (Å²) in [6.45, 7) is 1.65. The fraction of sp³-hybridized carbons (Fsp3) is 0.125. The molecule has 0 aliphatic rings. The zero-order valence-electron chi connectivity index (χ0n) is 12.2. The van der Waals surface area contributed by atoms with Crippen molar-refractivity contribution in [3.8, 4) is 11.5 Å². The van der Waals surface area contributed by atoms with Crippen LogP contribution in [0.4, 0.5) is 0 Å². The van der Waals surface area contributed by atoms with Gasteiger partial charge in [0.25, 0.3) is 0 Å². The van der Waals surface area contributed by atoms with Crippen LogP contribution in [0.2, 0.25) is 0 Å². The molecule has 2 rings (SSSR count). The highest BCUT2D eigenvalue weighted by Crippen LogP contribution is 2.31. The van der Waals surface area contributed by atoms with Gasteiger partial charge in [0.05, 0.1) is 16.6 Å². The van der Waals surface area contributed by atoms with Crippen LogP contribution in [0.25, 0.3) is 0 Å². The van der Waals surface area contributed by atoms with Crippen molar-refractivity contribution in [1.82, 2.24) is 5.43 Å². The molecule has 0 aliphatic heterocycles. The van der Waals surface area contributed by atoms with E-state index in [0.29, 0.717) is 15.7 Å². The standard InChI is InChI=1S/C16H14Br2N2O3/c1-9(12-7-13(18)15(22)8-14(12)21)19-20-16(23)6-10-2-4-11(17)5-3-10/h2-5,7-8,21-22H,6H2,1H3,(H,20,23)/b19-9-. The fourth-order valence-corrected chi connectivity index (χ4v) is 2.48. The van der Waals surface area contributed by atoms with Crippen molar-refractivity contribution in [2.75, 3.05) is 0 Å². The Morgan fingerprint density at radius 1 is 1.13 bits per heavy atom. The molecule has 0 bridgehead atoms. The number of carbonyl (C=O) groups excluding carboxylic acids is 1. The molecule has 0 atom stereocenters. The number of amides is 1. The summed E-state index contributed by atoms with van der Waals surface area (Å²) in [5.41, 5.74) is 4.16. The van der Waals surface area contributed by atoms with Gasteiger partial charge in [0.15, 0.2) is 0 Å². The molecule has 1 amide bonds. The summed E-state index contributed by atoms with van der Waals surface area (Å²) in [5.74, 6) is -0.448. The first-order chi connectivity index (χ1) is 10.9. The Bertz CT molecular complexity index is 759. The third-order valence-electron chi connectivity index (χ3n) is 3.08. The highest BCUT2D eigenvalue weighted by atomic mass is 79.9. The van der Waals surface area contributed by atoms with Crippen molar-refractivity contribution in [3.63, 3.8) is 0 Å². The maximum absolute atomic E-state index is 11.9. The normalized spacial score (nSPS) is 11.3. The van der Waals surface area contributed by atoms with E-state index in [1.165, 1.54) is 12.1 Å². The number of phenols is 2. The van der Waals surface area contributed by atoms with Crippen LogP contribution < -0.4 is 5.43 Å². The van der Waals surface area contributed by atoms with Crippen LogP contribution in [0, 0.1) is 0 Å². The number of nitrogens with one attached hydrogen (secondary N) is 1. The Hall–Kier alpha value is -1.86. The Balaban J connectivity index is 2.05. The number of hydrogen-bond donors (Lipinski definition) is 3. The van der Waals surface area contributed by atoms with E-state index < -0.39 is 0 Å². The van der Waals surface area contributed by atoms with Crippen molar-refractivity contribution >= 4 is 43.5 Å². The van der Waals surface area contributed by atoms with Crippen molar-refractivity contribution in [1.29, 1.82) is 0 Å². The molecular formula is C16H14Br2N2O3. The van der Waals surface area contributed by atoms with Crippen molar-refractivity contribution in [2.45, 2.75) is 13.3 Å². The van der Waals surface area contributed by atoms with E-state index >= 15 is 0 Å². The summed E-state index contributed by atoms with van der Waals surface area (Å²) >= 11 is 6.51. The number of aromatic hydroxyl groups is 2. The summed E-state index contributed by atoms with van der Waals surface area (Å²) < 4.78 is 1.38. The zero-order chi connectivity index (χ0) is 17.0. The van der Waals surface area contributed by atoms with E-state index in [4.69, 9.17) is 0 Å². The third-order valence-corrected chi connectivity index (χ3v) is 4.25. The van der Waals surface area contributed by atoms with Crippen molar-refractivity contribution < 1.29 is 15.0 Å². The van der Waals surface area contributed by atoms with Crippen molar-refractivity contribution in [2.24, 2.45) is 5.10 Å². The summed E-state index contributed by atoms with van der Waals surface area (Å²) in [4.78, 5) is 11.9. The summed E-state index contributed by atoms with van der Waals surface area (Å²) in [5, 5.41) is 23.3. The number of halogens is 2. The van der Waals surface area contributed by atoms with E-state index in [0.717, 1.165) is 10.0 Å². The maximum Gasteiger partial charge on any atom is 0.244 e. The molecule has 0 radical (unpaired) electrons. The zero-order valence-corrected chi connectivity index (χ0v) is 15.3. The third kappa shape index (κ3) is 4.80. The van der Waals surface area contributed by atoms with Crippen molar-refractivity contribution in [3.05, 3.63) is 56.5 Å². The first-order valence-corrected chi connectivity index (χ1v) is 8.25. The Morgan fingerprint density at radius 3 is 2.43 bits per heavy atom. The minimum Gasteiger partial charge on any atom is -0.507 e. The lowest BCUT2D eigenvalue weighted by Crippen LogP contribution is -2.21. The second-order valence-corrected chi connectivity index (χ2v) is 6.63. The monoisotopic (exact) mass is 440 g/mol. The molecule has 120 valence electrons. The van der Waals surface area contributed by atoms with Gasteiger partial charge in [0.2, 0.25) is 5.91 Å². The topological polar surface area (TPSA) is 81.9 Å². The van der Waals surface area contributed by atoms with Gasteiger partial charge < -0.3 is 10.2 Å². The van der Waals surface area contributed by atoms with Gasteiger partial charge in [0.1, 0.15) is 11.5 Å². The average Bonchev–Trinajstić information content (AvgIpc) is 2.51. The molecule has 2 aromatic carbocycles. The molecule has 3 N–H and O–H groups in total. The Kier molecular flexibility index (Phi) is 5.79. The van der Waals surface area contributed by atoms with Gasteiger partial charge in [-0.2, -0.15) is 5.10 Å². The van der Waals surface area contributed by atoms with E-state index in [2.05, 4.69) is 42.4 Å². The van der Waals surface area contributed by atoms with Crippen LogP contribution in [0.15, 0.2) is 50.4 Å². The number of rotatable bonds is 4. The molecule has 0 saturated carbocycles. The molecule has 0 fully saturated rings. The molecule has 5 nitrogen and oxygen atoms in total. The first kappa shape index (κ1) is 17.5. The number of hydrazone groups is 1. The minimum atomic E-state index is -0.260. The summed E-state index contributed by atoms with van der Waals surface area (Å²) in [6, 6.07) is 10.2. The van der Waals surface area contributed by atoms with Crippen LogP contribution in [0.5, 0.6) is 11.5 Å². The van der Waals surface area contributed by atoms with Crippen LogP contribution in [-0.4, -0.2) is 21.8 Å². The lowest BCUT2D eigenvalue weighted by atomic mass is 10.1. The number of nitrogens with zero attached hydrogens (tertiary/aromatic N) is 1. The molecule has 0 heterocycles. The minimum absolute atomic E-state index is 0.0710. The maximum atomic E-state index is 11.9. The highest BCUT2D eigenvalue weighted by Gasteiger charge is 2.10. The highest BCUT2D eigenvalue weighted by molar-refractivity contribution is 9.10. The van der Waals surface area contributed by atoms with Gasteiger partial charge in [-0.3, -0.25) is 4.79 Å². The molecule has 7 heteroatoms. The smallest absolute Gasteiger partial charge is 0.244 e. The number of phenolic OH excluding ortho intramolecular Hbond substituents is 2. The van der Waals surface area contributed by atoms with Crippen LogP contribution in [0.3, 0.4) is 0 Å². The molecular weight excluding hydrogens is 428 g/mol. The van der Waals surface area contributed by atoms with E-state index in [1.54, 1.807) is 6.92 Å². The molecule has 23 heavy (non-hydrogen) atoms. The van der Waals surface area contributed by atoms with E-state index in [-0.39, 0.29) is 23.8 Å². The summed E-state index contributed by atoms with van der Waals surface area (Å²) in [6.07, 6.45) is 0.204. The SMILES string of the molecule is C/C(=N/NC(=O)Cc1ccc(Br)cc1)c1cc(Br)c(O)cc1O. The Morgan fingerprint density at radius 2 is 1.78 bits per heavy atom. The van der Waals surface area contributed by atoms with Gasteiger partial charge >= 0.3 is 0 Å². The summed E-state index contributed by atoms with van der Waals surface area (Å²) in [7, 11) is 0. The molecule has 0 spiro atoms. The van der Waals surface area contributed by atoms with Gasteiger partial charge in [-0.05, 0) is 46.6 Å². The molecule has 0 unspecified atom stereocenters. The lowest BCUT2D eigenvalue weighted by Gasteiger charge is -2.07. The lowest BCUT2D eigenvalue weighted by molar-refractivity contribution is -0.120. The largest absolute Gasteiger partial charge is 0.507 e. The second-order valence-electron chi connectivity index (χ2n) is 4.86. The van der Waals surface area contributed by atoms with Gasteiger partial charge in [-0.1, -0.05) is 28.1 Å². The van der Waals surface area contributed by atoms with E-state index in [9.17, 15) is 15.0 Å². The second kappa shape index (κ2) is 7.61. The predicted octanol–water partition coefficient (Wildman–Crippen LogP) is 3.71. The molecule has 0 aromatic heterocycles. The van der Waals surface area contributed by atoms with Gasteiger partial charge in [-0.25, -0.2) is 5.43 Å². The number of carbonyl (C=O) groups is 1. The van der Waals surface area contributed by atoms with E-state index in [1.807, 2.05) is 24.3 Å². The average molecular weight is 442 g/mol. The fourth-order valence-electron chi connectivity index (χ4n) is 1.87. The Labute approximate surface area is 150 Å². The number of benzene rings is 2. The predicted molar refractivity (Wildman–Crippen MR) is 95.7 cm³/mol. The molecule has 0 saturated heterocycles. The van der Waals surface area contributed by atoms with Crippen LogP contribution in [0.1, 0.15) is 18.1 Å².